The van der Waals surface area contributed by atoms with E-state index >= 15 is 0 Å². The second-order valence-corrected chi connectivity index (χ2v) is 6.47. The van der Waals surface area contributed by atoms with Crippen molar-refractivity contribution in [2.45, 2.75) is 13.0 Å². The molecule has 0 radical (unpaired) electrons. The Bertz CT molecular complexity index is 1010. The Kier molecular flexibility index (Phi) is 5.89. The maximum atomic E-state index is 13.7. The Balaban J connectivity index is 1.86. The third kappa shape index (κ3) is 4.46. The number of rotatable bonds is 6. The fourth-order valence-electron chi connectivity index (χ4n) is 2.98. The molecule has 1 aromatic heterocycles. The zero-order valence-electron chi connectivity index (χ0n) is 16.0. The number of hydrogen-bond acceptors (Lipinski definition) is 3. The van der Waals surface area contributed by atoms with Crippen LogP contribution in [0.25, 0.3) is 6.08 Å². The van der Waals surface area contributed by atoms with Crippen molar-refractivity contribution >= 4 is 12.0 Å². The Morgan fingerprint density at radius 1 is 1.29 bits per heavy atom. The molecule has 6 heteroatoms. The molecule has 0 saturated carbocycles. The van der Waals surface area contributed by atoms with Gasteiger partial charge in [0.1, 0.15) is 23.4 Å². The predicted octanol–water partition coefficient (Wildman–Crippen LogP) is 3.80. The largest absolute Gasteiger partial charge is 0.496 e. The standard InChI is InChI=1S/C22H22FN3O2/c1-15-7-9-19(28-3)16(13-15)8-10-20(27)25-21(22-24-11-12-26(22)2)17-5-4-6-18(23)14-17/h4-14,21H,1-3H3,(H,25,27)/b10-8+. The first-order valence-corrected chi connectivity index (χ1v) is 8.84. The molecule has 2 aromatic carbocycles. The lowest BCUT2D eigenvalue weighted by Crippen LogP contribution is -2.29. The summed E-state index contributed by atoms with van der Waals surface area (Å²) >= 11 is 0. The van der Waals surface area contributed by atoms with Crippen LogP contribution in [0.3, 0.4) is 0 Å². The van der Waals surface area contributed by atoms with Gasteiger partial charge in [-0.3, -0.25) is 4.79 Å². The zero-order chi connectivity index (χ0) is 20.1. The summed E-state index contributed by atoms with van der Waals surface area (Å²) in [5, 5.41) is 2.91. The van der Waals surface area contributed by atoms with Crippen LogP contribution in [-0.4, -0.2) is 22.6 Å². The highest BCUT2D eigenvalue weighted by molar-refractivity contribution is 5.92. The van der Waals surface area contributed by atoms with Crippen molar-refractivity contribution in [3.8, 4) is 5.75 Å². The quantitative estimate of drug-likeness (QED) is 0.663. The number of nitrogens with one attached hydrogen (secondary N) is 1. The molecule has 28 heavy (non-hydrogen) atoms. The molecular formula is C22H22FN3O2. The highest BCUT2D eigenvalue weighted by Crippen LogP contribution is 2.23. The molecule has 0 aliphatic carbocycles. The van der Waals surface area contributed by atoms with Crippen molar-refractivity contribution in [3.63, 3.8) is 0 Å². The van der Waals surface area contributed by atoms with Gasteiger partial charge >= 0.3 is 0 Å². The molecule has 0 fully saturated rings. The van der Waals surface area contributed by atoms with Crippen molar-refractivity contribution in [3.05, 3.63) is 89.3 Å². The highest BCUT2D eigenvalue weighted by atomic mass is 19.1. The van der Waals surface area contributed by atoms with Crippen molar-refractivity contribution in [2.75, 3.05) is 7.11 Å². The normalized spacial score (nSPS) is 12.1. The maximum Gasteiger partial charge on any atom is 0.244 e. The van der Waals surface area contributed by atoms with Crippen LogP contribution < -0.4 is 10.1 Å². The van der Waals surface area contributed by atoms with E-state index in [4.69, 9.17) is 4.74 Å². The lowest BCUT2D eigenvalue weighted by molar-refractivity contribution is -0.117. The van der Waals surface area contributed by atoms with E-state index in [1.807, 2.05) is 32.2 Å². The van der Waals surface area contributed by atoms with Gasteiger partial charge in [0.05, 0.1) is 7.11 Å². The number of methoxy groups -OCH3 is 1. The van der Waals surface area contributed by atoms with Gasteiger partial charge in [-0.1, -0.05) is 23.8 Å². The number of amides is 1. The molecule has 1 atom stereocenters. The van der Waals surface area contributed by atoms with Crippen molar-refractivity contribution in [1.29, 1.82) is 0 Å². The van der Waals surface area contributed by atoms with Gasteiger partial charge < -0.3 is 14.6 Å². The summed E-state index contributed by atoms with van der Waals surface area (Å²) in [6.07, 6.45) is 6.55. The third-order valence-corrected chi connectivity index (χ3v) is 4.38. The average molecular weight is 379 g/mol. The van der Waals surface area contributed by atoms with Crippen LogP contribution in [0.1, 0.15) is 28.6 Å². The number of aryl methyl sites for hydroxylation is 2. The topological polar surface area (TPSA) is 56.1 Å². The van der Waals surface area contributed by atoms with Crippen LogP contribution in [0.4, 0.5) is 4.39 Å². The first kappa shape index (κ1) is 19.4. The van der Waals surface area contributed by atoms with Crippen LogP contribution in [0.5, 0.6) is 5.75 Å². The van der Waals surface area contributed by atoms with Crippen LogP contribution in [0, 0.1) is 12.7 Å². The smallest absolute Gasteiger partial charge is 0.244 e. The van der Waals surface area contributed by atoms with Crippen LogP contribution in [0.15, 0.2) is 60.9 Å². The van der Waals surface area contributed by atoms with Gasteiger partial charge in [-0.15, -0.1) is 0 Å². The van der Waals surface area contributed by atoms with E-state index in [9.17, 15) is 9.18 Å². The van der Waals surface area contributed by atoms with Gasteiger partial charge in [0.25, 0.3) is 0 Å². The van der Waals surface area contributed by atoms with Gasteiger partial charge in [0, 0.05) is 31.1 Å². The van der Waals surface area contributed by atoms with E-state index in [1.54, 1.807) is 42.3 Å². The summed E-state index contributed by atoms with van der Waals surface area (Å²) in [5.41, 5.74) is 2.48. The molecule has 3 rings (SSSR count). The highest BCUT2D eigenvalue weighted by Gasteiger charge is 2.20. The van der Waals surface area contributed by atoms with Crippen LogP contribution in [-0.2, 0) is 11.8 Å². The number of halogens is 1. The Hall–Kier alpha value is -3.41. The van der Waals surface area contributed by atoms with Gasteiger partial charge in [0.15, 0.2) is 0 Å². The lowest BCUT2D eigenvalue weighted by Gasteiger charge is -2.18. The fourth-order valence-corrected chi connectivity index (χ4v) is 2.98. The molecule has 0 bridgehead atoms. The number of carbonyl (C=O) groups excluding carboxylic acids is 1. The molecule has 0 aliphatic heterocycles. The molecule has 0 saturated heterocycles. The Morgan fingerprint density at radius 2 is 2.11 bits per heavy atom. The summed E-state index contributed by atoms with van der Waals surface area (Å²) < 4.78 is 20.9. The number of benzene rings is 2. The van der Waals surface area contributed by atoms with Crippen molar-refractivity contribution in [2.24, 2.45) is 7.05 Å². The number of aromatic nitrogens is 2. The molecule has 1 unspecified atom stereocenters. The average Bonchev–Trinajstić information content (AvgIpc) is 3.10. The summed E-state index contributed by atoms with van der Waals surface area (Å²) in [4.78, 5) is 16.9. The van der Waals surface area contributed by atoms with Crippen LogP contribution >= 0.6 is 0 Å². The molecule has 144 valence electrons. The van der Waals surface area contributed by atoms with E-state index in [1.165, 1.54) is 18.2 Å². The minimum atomic E-state index is -0.577. The summed E-state index contributed by atoms with van der Waals surface area (Å²) in [6, 6.07) is 11.3. The molecule has 1 N–H and O–H groups in total. The van der Waals surface area contributed by atoms with E-state index in [0.29, 0.717) is 17.1 Å². The third-order valence-electron chi connectivity index (χ3n) is 4.38. The number of hydrogen-bond donors (Lipinski definition) is 1. The molecule has 5 nitrogen and oxygen atoms in total. The predicted molar refractivity (Wildman–Crippen MR) is 106 cm³/mol. The minimum Gasteiger partial charge on any atom is -0.496 e. The number of ether oxygens (including phenoxy) is 1. The maximum absolute atomic E-state index is 13.7. The Morgan fingerprint density at radius 3 is 2.79 bits per heavy atom. The van der Waals surface area contributed by atoms with E-state index in [2.05, 4.69) is 10.3 Å². The second kappa shape index (κ2) is 8.52. The van der Waals surface area contributed by atoms with E-state index in [0.717, 1.165) is 11.1 Å². The van der Waals surface area contributed by atoms with E-state index in [-0.39, 0.29) is 11.7 Å². The summed E-state index contributed by atoms with van der Waals surface area (Å²) in [7, 11) is 3.41. The summed E-state index contributed by atoms with van der Waals surface area (Å²) in [5.74, 6) is 0.604. The SMILES string of the molecule is COc1ccc(C)cc1/C=C/C(=O)NC(c1cccc(F)c1)c1nccn1C. The molecule has 0 spiro atoms. The first-order chi connectivity index (χ1) is 13.5. The van der Waals surface area contributed by atoms with Gasteiger partial charge in [-0.25, -0.2) is 9.37 Å². The first-order valence-electron chi connectivity index (χ1n) is 8.84. The van der Waals surface area contributed by atoms with Crippen LogP contribution in [0.2, 0.25) is 0 Å². The molecule has 0 aliphatic rings. The minimum absolute atomic E-state index is 0.319. The van der Waals surface area contributed by atoms with Crippen molar-refractivity contribution < 1.29 is 13.9 Å². The zero-order valence-corrected chi connectivity index (χ0v) is 16.0. The van der Waals surface area contributed by atoms with E-state index < -0.39 is 6.04 Å². The number of imidazole rings is 1. The molecular weight excluding hydrogens is 357 g/mol. The van der Waals surface area contributed by atoms with Gasteiger partial charge in [-0.2, -0.15) is 0 Å². The number of nitrogens with zero attached hydrogens (tertiary/aromatic N) is 2. The van der Waals surface area contributed by atoms with Crippen molar-refractivity contribution in [1.82, 2.24) is 14.9 Å². The molecule has 3 aromatic rings. The summed E-state index contributed by atoms with van der Waals surface area (Å²) in [6.45, 7) is 1.97. The molecule has 1 amide bonds. The Labute approximate surface area is 163 Å². The van der Waals surface area contributed by atoms with Gasteiger partial charge in [-0.05, 0) is 42.8 Å². The number of carbonyl (C=O) groups is 1. The second-order valence-electron chi connectivity index (χ2n) is 6.47. The lowest BCUT2D eigenvalue weighted by atomic mass is 10.1. The van der Waals surface area contributed by atoms with Gasteiger partial charge in [0.2, 0.25) is 5.91 Å². The monoisotopic (exact) mass is 379 g/mol. The fraction of sp³-hybridized carbons (Fsp3) is 0.182. The molecule has 1 heterocycles.